The van der Waals surface area contributed by atoms with Crippen molar-refractivity contribution in [1.82, 2.24) is 15.1 Å². The smallest absolute Gasteiger partial charge is 0.251 e. The Kier molecular flexibility index (Phi) is 5.48. The number of hydrogen-bond donors (Lipinski definition) is 2. The molecule has 152 valence electrons. The molecule has 7 heteroatoms. The standard InChI is InChI=1S/C23H22FN5O/c24-18-8-10-19(11-9-18)29-22(26)20(14-25)21(28-29)5-2-12-27-23(30)17-7-6-15-3-1-4-16(15)13-17/h6-11,13H,1-5,12,26H2,(H,27,30). The molecule has 1 aliphatic rings. The lowest BCUT2D eigenvalue weighted by molar-refractivity contribution is 0.0953. The Bertz CT molecular complexity index is 1130. The van der Waals surface area contributed by atoms with Crippen LogP contribution in [-0.4, -0.2) is 22.2 Å². The van der Waals surface area contributed by atoms with Gasteiger partial charge in [-0.1, -0.05) is 6.07 Å². The third kappa shape index (κ3) is 3.90. The van der Waals surface area contributed by atoms with Crippen molar-refractivity contribution in [2.45, 2.75) is 32.1 Å². The number of carbonyl (C=O) groups is 1. The van der Waals surface area contributed by atoms with Crippen LogP contribution in [-0.2, 0) is 19.3 Å². The molecule has 1 amide bonds. The molecule has 6 nitrogen and oxygen atoms in total. The van der Waals surface area contributed by atoms with Crippen molar-refractivity contribution in [2.75, 3.05) is 12.3 Å². The molecule has 1 heterocycles. The summed E-state index contributed by atoms with van der Waals surface area (Å²) in [5.74, 6) is -0.229. The molecule has 0 saturated carbocycles. The first-order chi connectivity index (χ1) is 14.6. The van der Waals surface area contributed by atoms with Gasteiger partial charge in [-0.15, -0.1) is 0 Å². The highest BCUT2D eigenvalue weighted by molar-refractivity contribution is 5.94. The molecule has 0 unspecified atom stereocenters. The Hall–Kier alpha value is -3.66. The first-order valence-electron chi connectivity index (χ1n) is 10.00. The molecule has 0 spiro atoms. The summed E-state index contributed by atoms with van der Waals surface area (Å²) in [7, 11) is 0. The van der Waals surface area contributed by atoms with Crippen molar-refractivity contribution in [3.05, 3.63) is 76.2 Å². The summed E-state index contributed by atoms with van der Waals surface area (Å²) in [5, 5.41) is 16.8. The number of benzene rings is 2. The zero-order valence-electron chi connectivity index (χ0n) is 16.5. The van der Waals surface area contributed by atoms with Crippen molar-refractivity contribution in [3.63, 3.8) is 0 Å². The summed E-state index contributed by atoms with van der Waals surface area (Å²) < 4.78 is 14.6. The summed E-state index contributed by atoms with van der Waals surface area (Å²) in [6.45, 7) is 0.462. The van der Waals surface area contributed by atoms with Crippen molar-refractivity contribution < 1.29 is 9.18 Å². The monoisotopic (exact) mass is 403 g/mol. The second-order valence-electron chi connectivity index (χ2n) is 7.40. The predicted octanol–water partition coefficient (Wildman–Crippen LogP) is 3.32. The molecule has 2 aromatic carbocycles. The largest absolute Gasteiger partial charge is 0.382 e. The van der Waals surface area contributed by atoms with E-state index in [1.54, 1.807) is 12.1 Å². The molecule has 0 saturated heterocycles. The summed E-state index contributed by atoms with van der Waals surface area (Å²) in [6.07, 6.45) is 4.38. The number of nitrogen functional groups attached to an aromatic ring is 1. The average molecular weight is 403 g/mol. The van der Waals surface area contributed by atoms with E-state index in [1.807, 2.05) is 18.2 Å². The molecule has 0 bridgehead atoms. The summed E-state index contributed by atoms with van der Waals surface area (Å²) in [5.41, 5.74) is 10.8. The fraction of sp³-hybridized carbons (Fsp3) is 0.261. The van der Waals surface area contributed by atoms with E-state index in [9.17, 15) is 14.4 Å². The van der Waals surface area contributed by atoms with Gasteiger partial charge in [-0.25, -0.2) is 9.07 Å². The Balaban J connectivity index is 1.38. The topological polar surface area (TPSA) is 96.7 Å². The van der Waals surface area contributed by atoms with E-state index < -0.39 is 0 Å². The highest BCUT2D eigenvalue weighted by atomic mass is 19.1. The Morgan fingerprint density at radius 1 is 1.20 bits per heavy atom. The number of amides is 1. The molecule has 0 radical (unpaired) electrons. The van der Waals surface area contributed by atoms with Crippen molar-refractivity contribution in [3.8, 4) is 11.8 Å². The number of halogens is 1. The Morgan fingerprint density at radius 2 is 1.97 bits per heavy atom. The number of nitrogens with zero attached hydrogens (tertiary/aromatic N) is 3. The third-order valence-electron chi connectivity index (χ3n) is 5.41. The highest BCUT2D eigenvalue weighted by Crippen LogP contribution is 2.23. The Morgan fingerprint density at radius 3 is 2.73 bits per heavy atom. The second kappa shape index (κ2) is 8.37. The maximum Gasteiger partial charge on any atom is 0.251 e. The number of fused-ring (bicyclic) bond motifs is 1. The molecule has 1 aliphatic carbocycles. The lowest BCUT2D eigenvalue weighted by atomic mass is 10.1. The number of nitriles is 1. The van der Waals surface area contributed by atoms with Gasteiger partial charge in [0, 0.05) is 12.1 Å². The van der Waals surface area contributed by atoms with Gasteiger partial charge in [-0.2, -0.15) is 10.4 Å². The second-order valence-corrected chi connectivity index (χ2v) is 7.40. The zero-order chi connectivity index (χ0) is 21.1. The molecule has 4 rings (SSSR count). The van der Waals surface area contributed by atoms with Gasteiger partial charge in [0.25, 0.3) is 5.91 Å². The fourth-order valence-electron chi connectivity index (χ4n) is 3.83. The lowest BCUT2D eigenvalue weighted by Gasteiger charge is -2.07. The van der Waals surface area contributed by atoms with E-state index in [2.05, 4.69) is 16.5 Å². The van der Waals surface area contributed by atoms with Crippen LogP contribution in [0.1, 0.15) is 45.6 Å². The number of aromatic nitrogens is 2. The van der Waals surface area contributed by atoms with Gasteiger partial charge in [0.15, 0.2) is 0 Å². The van der Waals surface area contributed by atoms with E-state index in [0.29, 0.717) is 41.9 Å². The van der Waals surface area contributed by atoms with Crippen LogP contribution < -0.4 is 11.1 Å². The number of carbonyl (C=O) groups excluding carboxylic acids is 1. The van der Waals surface area contributed by atoms with Gasteiger partial charge in [0.2, 0.25) is 0 Å². The van der Waals surface area contributed by atoms with E-state index in [4.69, 9.17) is 5.73 Å². The first-order valence-corrected chi connectivity index (χ1v) is 10.00. The van der Waals surface area contributed by atoms with Crippen LogP contribution in [0.15, 0.2) is 42.5 Å². The van der Waals surface area contributed by atoms with Crippen LogP contribution in [0.4, 0.5) is 10.2 Å². The van der Waals surface area contributed by atoms with Crippen LogP contribution in [0, 0.1) is 17.1 Å². The SMILES string of the molecule is N#Cc1c(CCCNC(=O)c2ccc3c(c2)CCC3)nn(-c2ccc(F)cc2)c1N. The maximum absolute atomic E-state index is 13.2. The molecule has 0 aliphatic heterocycles. The van der Waals surface area contributed by atoms with Crippen LogP contribution in [0.5, 0.6) is 0 Å². The number of nitrogens with two attached hydrogens (primary N) is 1. The van der Waals surface area contributed by atoms with Crippen LogP contribution in [0.3, 0.4) is 0 Å². The van der Waals surface area contributed by atoms with E-state index in [-0.39, 0.29) is 17.5 Å². The molecule has 0 fully saturated rings. The lowest BCUT2D eigenvalue weighted by Crippen LogP contribution is -2.25. The summed E-state index contributed by atoms with van der Waals surface area (Å²) in [4.78, 5) is 12.4. The quantitative estimate of drug-likeness (QED) is 0.617. The number of rotatable bonds is 6. The van der Waals surface area contributed by atoms with Gasteiger partial charge in [0.05, 0.1) is 11.4 Å². The van der Waals surface area contributed by atoms with Gasteiger partial charge in [0.1, 0.15) is 23.3 Å². The molecular weight excluding hydrogens is 381 g/mol. The average Bonchev–Trinajstić information content (AvgIpc) is 3.35. The third-order valence-corrected chi connectivity index (χ3v) is 5.41. The van der Waals surface area contributed by atoms with Crippen molar-refractivity contribution >= 4 is 11.7 Å². The summed E-state index contributed by atoms with van der Waals surface area (Å²) >= 11 is 0. The molecule has 3 aromatic rings. The first kappa shape index (κ1) is 19.6. The molecule has 30 heavy (non-hydrogen) atoms. The van der Waals surface area contributed by atoms with Gasteiger partial charge in [-0.3, -0.25) is 4.79 Å². The molecular formula is C23H22FN5O. The highest BCUT2D eigenvalue weighted by Gasteiger charge is 2.17. The van der Waals surface area contributed by atoms with Gasteiger partial charge >= 0.3 is 0 Å². The van der Waals surface area contributed by atoms with Crippen LogP contribution >= 0.6 is 0 Å². The number of anilines is 1. The summed E-state index contributed by atoms with van der Waals surface area (Å²) in [6, 6.07) is 13.7. The predicted molar refractivity (Wildman–Crippen MR) is 112 cm³/mol. The van der Waals surface area contributed by atoms with Crippen LogP contribution in [0.2, 0.25) is 0 Å². The van der Waals surface area contributed by atoms with Gasteiger partial charge in [-0.05, 0) is 79.6 Å². The Labute approximate surface area is 174 Å². The zero-order valence-corrected chi connectivity index (χ0v) is 16.5. The fourth-order valence-corrected chi connectivity index (χ4v) is 3.83. The number of aryl methyl sites for hydroxylation is 3. The molecule has 0 atom stereocenters. The van der Waals surface area contributed by atoms with Crippen molar-refractivity contribution in [1.29, 1.82) is 5.26 Å². The van der Waals surface area contributed by atoms with Crippen molar-refractivity contribution in [2.24, 2.45) is 0 Å². The number of hydrogen-bond acceptors (Lipinski definition) is 4. The van der Waals surface area contributed by atoms with Crippen LogP contribution in [0.25, 0.3) is 5.69 Å². The minimum absolute atomic E-state index is 0.0958. The molecule has 3 N–H and O–H groups in total. The number of nitrogens with one attached hydrogen (secondary N) is 1. The van der Waals surface area contributed by atoms with E-state index in [1.165, 1.54) is 27.9 Å². The maximum atomic E-state index is 13.2. The molecule has 1 aromatic heterocycles. The normalized spacial score (nSPS) is 12.4. The van der Waals surface area contributed by atoms with E-state index in [0.717, 1.165) is 19.3 Å². The minimum atomic E-state index is -0.357. The minimum Gasteiger partial charge on any atom is -0.382 e. The van der Waals surface area contributed by atoms with Gasteiger partial charge < -0.3 is 11.1 Å². The van der Waals surface area contributed by atoms with E-state index >= 15 is 0 Å².